The summed E-state index contributed by atoms with van der Waals surface area (Å²) in [6.45, 7) is 3.24. The van der Waals surface area contributed by atoms with Crippen LogP contribution in [0.2, 0.25) is 0 Å². The van der Waals surface area contributed by atoms with Gasteiger partial charge in [-0.05, 0) is 38.2 Å². The van der Waals surface area contributed by atoms with Gasteiger partial charge < -0.3 is 9.64 Å². The van der Waals surface area contributed by atoms with Gasteiger partial charge >= 0.3 is 0 Å². The molecule has 2 aromatic rings. The van der Waals surface area contributed by atoms with Crippen molar-refractivity contribution in [1.29, 1.82) is 0 Å². The van der Waals surface area contributed by atoms with Crippen LogP contribution in [0.15, 0.2) is 84.6 Å². The van der Waals surface area contributed by atoms with Gasteiger partial charge in [0.1, 0.15) is 0 Å². The van der Waals surface area contributed by atoms with Gasteiger partial charge in [0.25, 0.3) is 0 Å². The average molecular weight is 403 g/mol. The predicted octanol–water partition coefficient (Wildman–Crippen LogP) is 3.81. The summed E-state index contributed by atoms with van der Waals surface area (Å²) in [6, 6.07) is 20.1. The fraction of sp³-hybridized carbons (Fsp3) is 0.346. The molecule has 1 heterocycles. The number of rotatable bonds is 6. The van der Waals surface area contributed by atoms with Gasteiger partial charge in [-0.25, -0.2) is 0 Å². The van der Waals surface area contributed by atoms with E-state index in [1.54, 1.807) is 0 Å². The van der Waals surface area contributed by atoms with Crippen LogP contribution in [-0.2, 0) is 11.2 Å². The minimum atomic E-state index is -0.448. The normalized spacial score (nSPS) is 24.0. The minimum absolute atomic E-state index is 0.161. The Kier molecular flexibility index (Phi) is 6.16. The van der Waals surface area contributed by atoms with E-state index in [0.29, 0.717) is 0 Å². The molecule has 2 atom stereocenters. The third-order valence-electron chi connectivity index (χ3n) is 6.28. The van der Waals surface area contributed by atoms with Crippen LogP contribution in [0.4, 0.5) is 0 Å². The van der Waals surface area contributed by atoms with Crippen LogP contribution in [0.5, 0.6) is 0 Å². The molecule has 4 nitrogen and oxygen atoms in total. The van der Waals surface area contributed by atoms with Crippen LogP contribution in [0.3, 0.4) is 0 Å². The van der Waals surface area contributed by atoms with Gasteiger partial charge in [0.05, 0.1) is 24.7 Å². The molecule has 156 valence electrons. The summed E-state index contributed by atoms with van der Waals surface area (Å²) in [5.41, 5.74) is 2.72. The van der Waals surface area contributed by atoms with Crippen LogP contribution in [0.1, 0.15) is 15.9 Å². The molecule has 1 aliphatic heterocycles. The SMILES string of the molecule is CN(C)C1(Cc2ccccc2)C=C(N2CCOCC2)C=CC1C(=O)c1ccccc1. The van der Waals surface area contributed by atoms with Crippen LogP contribution in [-0.4, -0.2) is 61.5 Å². The maximum absolute atomic E-state index is 13.7. The number of benzene rings is 2. The van der Waals surface area contributed by atoms with Gasteiger partial charge in [0.2, 0.25) is 0 Å². The molecule has 4 rings (SSSR count). The van der Waals surface area contributed by atoms with E-state index in [1.165, 1.54) is 11.3 Å². The Labute approximate surface area is 179 Å². The Hall–Kier alpha value is -2.69. The molecule has 2 aromatic carbocycles. The van der Waals surface area contributed by atoms with Crippen LogP contribution < -0.4 is 0 Å². The number of Topliss-reactive ketones (excluding diaryl/α,β-unsaturated/α-hetero) is 1. The zero-order valence-corrected chi connectivity index (χ0v) is 17.8. The molecule has 1 saturated heterocycles. The lowest BCUT2D eigenvalue weighted by Gasteiger charge is -2.46. The Balaban J connectivity index is 1.77. The predicted molar refractivity (Wildman–Crippen MR) is 120 cm³/mol. The number of carbonyl (C=O) groups is 1. The van der Waals surface area contributed by atoms with Crippen molar-refractivity contribution < 1.29 is 9.53 Å². The Morgan fingerprint density at radius 3 is 2.30 bits per heavy atom. The first-order valence-corrected chi connectivity index (χ1v) is 10.6. The van der Waals surface area contributed by atoms with E-state index in [4.69, 9.17) is 4.74 Å². The zero-order chi connectivity index (χ0) is 21.0. The molecule has 0 aromatic heterocycles. The number of ketones is 1. The molecule has 0 radical (unpaired) electrons. The molecule has 2 aliphatic rings. The highest BCUT2D eigenvalue weighted by Gasteiger charge is 2.44. The van der Waals surface area contributed by atoms with Gasteiger partial charge in [-0.3, -0.25) is 9.69 Å². The second kappa shape index (κ2) is 8.99. The largest absolute Gasteiger partial charge is 0.378 e. The minimum Gasteiger partial charge on any atom is -0.378 e. The molecule has 1 aliphatic carbocycles. The lowest BCUT2D eigenvalue weighted by molar-refractivity contribution is 0.0521. The number of morpholine rings is 1. The second-order valence-electron chi connectivity index (χ2n) is 8.28. The molecule has 4 heteroatoms. The van der Waals surface area contributed by atoms with Crippen molar-refractivity contribution in [1.82, 2.24) is 9.80 Å². The molecule has 30 heavy (non-hydrogen) atoms. The molecule has 2 unspecified atom stereocenters. The fourth-order valence-corrected chi connectivity index (χ4v) is 4.52. The van der Waals surface area contributed by atoms with Crippen molar-refractivity contribution in [2.24, 2.45) is 5.92 Å². The molecular formula is C26H30N2O2. The van der Waals surface area contributed by atoms with Gasteiger partial charge in [-0.2, -0.15) is 0 Å². The van der Waals surface area contributed by atoms with Gasteiger partial charge in [-0.15, -0.1) is 0 Å². The summed E-state index contributed by atoms with van der Waals surface area (Å²) in [7, 11) is 4.17. The standard InChI is InChI=1S/C26H30N2O2/c1-27(2)26(19-21-9-5-3-6-10-21)20-23(28-15-17-30-18-16-28)13-14-24(26)25(29)22-11-7-4-8-12-22/h3-14,20,24H,15-19H2,1-2H3. The molecular weight excluding hydrogens is 372 g/mol. The molecule has 1 fully saturated rings. The van der Waals surface area contributed by atoms with Crippen LogP contribution >= 0.6 is 0 Å². The van der Waals surface area contributed by atoms with Crippen molar-refractivity contribution in [3.8, 4) is 0 Å². The van der Waals surface area contributed by atoms with E-state index in [9.17, 15) is 4.79 Å². The first kappa shape index (κ1) is 20.6. The van der Waals surface area contributed by atoms with Crippen LogP contribution in [0.25, 0.3) is 0 Å². The Morgan fingerprint density at radius 1 is 1.03 bits per heavy atom. The second-order valence-corrected chi connectivity index (χ2v) is 8.28. The number of hydrogen-bond donors (Lipinski definition) is 0. The summed E-state index contributed by atoms with van der Waals surface area (Å²) in [6.07, 6.45) is 7.33. The Morgan fingerprint density at radius 2 is 1.67 bits per heavy atom. The summed E-state index contributed by atoms with van der Waals surface area (Å²) in [4.78, 5) is 18.2. The van der Waals surface area contributed by atoms with E-state index >= 15 is 0 Å². The smallest absolute Gasteiger partial charge is 0.171 e. The van der Waals surface area contributed by atoms with E-state index in [1.807, 2.05) is 36.4 Å². The van der Waals surface area contributed by atoms with Crippen molar-refractivity contribution in [2.45, 2.75) is 12.0 Å². The van der Waals surface area contributed by atoms with Gasteiger partial charge in [0, 0.05) is 24.4 Å². The maximum Gasteiger partial charge on any atom is 0.171 e. The van der Waals surface area contributed by atoms with E-state index in [2.05, 4.69) is 66.4 Å². The van der Waals surface area contributed by atoms with E-state index < -0.39 is 5.54 Å². The molecule has 0 N–H and O–H groups in total. The summed E-state index contributed by atoms with van der Waals surface area (Å²) in [5, 5.41) is 0. The van der Waals surface area contributed by atoms with Crippen molar-refractivity contribution in [3.63, 3.8) is 0 Å². The molecule has 0 amide bonds. The molecule has 0 spiro atoms. The van der Waals surface area contributed by atoms with E-state index in [-0.39, 0.29) is 11.7 Å². The monoisotopic (exact) mass is 402 g/mol. The number of nitrogens with zero attached hydrogens (tertiary/aromatic N) is 2. The number of allylic oxidation sites excluding steroid dienone is 1. The van der Waals surface area contributed by atoms with Crippen LogP contribution in [0, 0.1) is 5.92 Å². The fourth-order valence-electron chi connectivity index (χ4n) is 4.52. The quantitative estimate of drug-likeness (QED) is 0.688. The number of carbonyl (C=O) groups excluding carboxylic acids is 1. The van der Waals surface area contributed by atoms with Crippen molar-refractivity contribution >= 4 is 5.78 Å². The van der Waals surface area contributed by atoms with Crippen molar-refractivity contribution in [2.75, 3.05) is 40.4 Å². The number of hydrogen-bond acceptors (Lipinski definition) is 4. The third-order valence-corrected chi connectivity index (χ3v) is 6.28. The van der Waals surface area contributed by atoms with Gasteiger partial charge in [0.15, 0.2) is 5.78 Å². The molecule has 0 bridgehead atoms. The summed E-state index contributed by atoms with van der Waals surface area (Å²) in [5.74, 6) is -0.103. The summed E-state index contributed by atoms with van der Waals surface area (Å²) >= 11 is 0. The van der Waals surface area contributed by atoms with E-state index in [0.717, 1.165) is 38.3 Å². The summed E-state index contributed by atoms with van der Waals surface area (Å²) < 4.78 is 5.55. The average Bonchev–Trinajstić information content (AvgIpc) is 2.80. The number of likely N-dealkylation sites (N-methyl/N-ethyl adjacent to an activating group) is 1. The third kappa shape index (κ3) is 4.11. The first-order valence-electron chi connectivity index (χ1n) is 10.6. The number of ether oxygens (including phenoxy) is 1. The van der Waals surface area contributed by atoms with Gasteiger partial charge in [-0.1, -0.05) is 66.7 Å². The Bertz CT molecular complexity index is 915. The highest BCUT2D eigenvalue weighted by molar-refractivity contribution is 6.00. The first-order chi connectivity index (χ1) is 14.6. The highest BCUT2D eigenvalue weighted by Crippen LogP contribution is 2.38. The lowest BCUT2D eigenvalue weighted by Crippen LogP contribution is -2.54. The van der Waals surface area contributed by atoms with Crippen molar-refractivity contribution in [3.05, 3.63) is 95.7 Å². The highest BCUT2D eigenvalue weighted by atomic mass is 16.5. The maximum atomic E-state index is 13.7. The topological polar surface area (TPSA) is 32.8 Å². The zero-order valence-electron chi connectivity index (χ0n) is 17.8. The lowest BCUT2D eigenvalue weighted by atomic mass is 9.71. The molecule has 0 saturated carbocycles.